The number of rotatable bonds is 4. The van der Waals surface area contributed by atoms with Crippen LogP contribution < -0.4 is 0 Å². The van der Waals surface area contributed by atoms with E-state index in [1.54, 1.807) is 0 Å². The van der Waals surface area contributed by atoms with Crippen LogP contribution in [0.2, 0.25) is 0 Å². The van der Waals surface area contributed by atoms with Crippen molar-refractivity contribution >= 4 is 22.6 Å². The van der Waals surface area contributed by atoms with E-state index >= 15 is 0 Å². The number of alkyl halides is 1. The standard InChI is InChI=1S/C7H9IN2/c8-7(3-1-5-9)4-2-6-10/h7H,1-4H2. The molecule has 0 aromatic rings. The van der Waals surface area contributed by atoms with Gasteiger partial charge in [-0.2, -0.15) is 10.5 Å². The van der Waals surface area contributed by atoms with Gasteiger partial charge in [0.1, 0.15) is 0 Å². The van der Waals surface area contributed by atoms with Crippen molar-refractivity contribution in [2.45, 2.75) is 29.6 Å². The Morgan fingerprint density at radius 2 is 1.50 bits per heavy atom. The van der Waals surface area contributed by atoms with Crippen LogP contribution in [0.1, 0.15) is 25.7 Å². The summed E-state index contributed by atoms with van der Waals surface area (Å²) in [6.45, 7) is 0. The van der Waals surface area contributed by atoms with Crippen molar-refractivity contribution in [2.75, 3.05) is 0 Å². The molecule has 2 nitrogen and oxygen atoms in total. The number of nitrogens with zero attached hydrogens (tertiary/aromatic N) is 2. The van der Waals surface area contributed by atoms with E-state index in [9.17, 15) is 0 Å². The topological polar surface area (TPSA) is 47.6 Å². The average Bonchev–Trinajstić information content (AvgIpc) is 1.97. The van der Waals surface area contributed by atoms with E-state index in [0.717, 1.165) is 12.8 Å². The molecule has 0 spiro atoms. The number of nitriles is 2. The highest BCUT2D eigenvalue weighted by Crippen LogP contribution is 2.13. The summed E-state index contributed by atoms with van der Waals surface area (Å²) < 4.78 is 0.497. The average molecular weight is 248 g/mol. The number of halogens is 1. The first-order valence-electron chi connectivity index (χ1n) is 3.19. The van der Waals surface area contributed by atoms with Gasteiger partial charge in [-0.05, 0) is 12.8 Å². The maximum Gasteiger partial charge on any atom is 0.0622 e. The minimum absolute atomic E-state index is 0.497. The molecule has 0 aliphatic heterocycles. The molecule has 3 heteroatoms. The van der Waals surface area contributed by atoms with Gasteiger partial charge in [0.05, 0.1) is 12.1 Å². The Bertz CT molecular complexity index is 136. The van der Waals surface area contributed by atoms with Gasteiger partial charge in [-0.1, -0.05) is 22.6 Å². The normalized spacial score (nSPS) is 8.80. The summed E-state index contributed by atoms with van der Waals surface area (Å²) in [4.78, 5) is 0. The lowest BCUT2D eigenvalue weighted by Gasteiger charge is -2.01. The zero-order valence-corrected chi connectivity index (χ0v) is 7.84. The molecule has 10 heavy (non-hydrogen) atoms. The van der Waals surface area contributed by atoms with Crippen molar-refractivity contribution in [1.82, 2.24) is 0 Å². The molecular formula is C7H9IN2. The first-order chi connectivity index (χ1) is 4.81. The summed E-state index contributed by atoms with van der Waals surface area (Å²) in [6, 6.07) is 4.17. The molecule has 0 fully saturated rings. The van der Waals surface area contributed by atoms with Crippen molar-refractivity contribution in [1.29, 1.82) is 10.5 Å². The van der Waals surface area contributed by atoms with E-state index in [4.69, 9.17) is 10.5 Å². The van der Waals surface area contributed by atoms with E-state index in [-0.39, 0.29) is 0 Å². The summed E-state index contributed by atoms with van der Waals surface area (Å²) in [5, 5.41) is 16.4. The van der Waals surface area contributed by atoms with Crippen molar-refractivity contribution in [3.63, 3.8) is 0 Å². The smallest absolute Gasteiger partial charge is 0.0622 e. The maximum atomic E-state index is 8.22. The first kappa shape index (κ1) is 9.71. The Balaban J connectivity index is 3.20. The van der Waals surface area contributed by atoms with Gasteiger partial charge in [0, 0.05) is 16.8 Å². The van der Waals surface area contributed by atoms with Gasteiger partial charge >= 0.3 is 0 Å². The van der Waals surface area contributed by atoms with E-state index in [0.29, 0.717) is 16.8 Å². The van der Waals surface area contributed by atoms with E-state index < -0.39 is 0 Å². The lowest BCUT2D eigenvalue weighted by Crippen LogP contribution is -1.95. The van der Waals surface area contributed by atoms with Crippen molar-refractivity contribution in [3.05, 3.63) is 0 Å². The summed E-state index contributed by atoms with van der Waals surface area (Å²) >= 11 is 2.29. The van der Waals surface area contributed by atoms with Gasteiger partial charge in [0.25, 0.3) is 0 Å². The molecule has 0 N–H and O–H groups in total. The fraction of sp³-hybridized carbons (Fsp3) is 0.714. The molecule has 0 atom stereocenters. The van der Waals surface area contributed by atoms with Crippen molar-refractivity contribution in [2.24, 2.45) is 0 Å². The second kappa shape index (κ2) is 6.82. The maximum absolute atomic E-state index is 8.22. The molecule has 54 valence electrons. The molecule has 0 aliphatic carbocycles. The van der Waals surface area contributed by atoms with Crippen LogP contribution in [0.4, 0.5) is 0 Å². The quantitative estimate of drug-likeness (QED) is 0.566. The molecule has 0 aromatic carbocycles. The van der Waals surface area contributed by atoms with E-state index in [1.807, 2.05) is 0 Å². The zero-order chi connectivity index (χ0) is 7.82. The Labute approximate surface area is 75.0 Å². The van der Waals surface area contributed by atoms with Gasteiger partial charge in [-0.25, -0.2) is 0 Å². The third kappa shape index (κ3) is 5.84. The summed E-state index contributed by atoms with van der Waals surface area (Å²) in [5.41, 5.74) is 0. The molecule has 0 saturated carbocycles. The van der Waals surface area contributed by atoms with Gasteiger partial charge in [0.2, 0.25) is 0 Å². The minimum atomic E-state index is 0.497. The summed E-state index contributed by atoms with van der Waals surface area (Å²) in [6.07, 6.45) is 3.05. The van der Waals surface area contributed by atoms with E-state index in [1.165, 1.54) is 0 Å². The highest BCUT2D eigenvalue weighted by atomic mass is 127. The van der Waals surface area contributed by atoms with Gasteiger partial charge < -0.3 is 0 Å². The van der Waals surface area contributed by atoms with Crippen LogP contribution >= 0.6 is 22.6 Å². The number of hydrogen-bond acceptors (Lipinski definition) is 2. The molecule has 0 unspecified atom stereocenters. The van der Waals surface area contributed by atoms with E-state index in [2.05, 4.69) is 34.7 Å². The Hall–Kier alpha value is -0.290. The molecule has 0 bridgehead atoms. The molecule has 0 radical (unpaired) electrons. The highest BCUT2D eigenvalue weighted by Gasteiger charge is 2.01. The largest absolute Gasteiger partial charge is 0.198 e. The molecule has 0 amide bonds. The summed E-state index contributed by atoms with van der Waals surface area (Å²) in [7, 11) is 0. The lowest BCUT2D eigenvalue weighted by molar-refractivity contribution is 0.745. The predicted octanol–water partition coefficient (Wildman–Crippen LogP) is 2.40. The third-order valence-electron chi connectivity index (χ3n) is 1.14. The van der Waals surface area contributed by atoms with Crippen LogP contribution in [0.25, 0.3) is 0 Å². The minimum Gasteiger partial charge on any atom is -0.198 e. The Morgan fingerprint density at radius 3 is 1.80 bits per heavy atom. The first-order valence-corrected chi connectivity index (χ1v) is 4.43. The van der Waals surface area contributed by atoms with Crippen LogP contribution in [-0.2, 0) is 0 Å². The van der Waals surface area contributed by atoms with Crippen molar-refractivity contribution in [3.8, 4) is 12.1 Å². The number of hydrogen-bond donors (Lipinski definition) is 0. The van der Waals surface area contributed by atoms with Crippen LogP contribution in [0, 0.1) is 22.7 Å². The molecule has 0 heterocycles. The Kier molecular flexibility index (Phi) is 6.63. The molecular weight excluding hydrogens is 239 g/mol. The zero-order valence-electron chi connectivity index (χ0n) is 5.68. The van der Waals surface area contributed by atoms with Crippen molar-refractivity contribution < 1.29 is 0 Å². The monoisotopic (exact) mass is 248 g/mol. The van der Waals surface area contributed by atoms with Crippen LogP contribution in [0.3, 0.4) is 0 Å². The third-order valence-corrected chi connectivity index (χ3v) is 2.38. The summed E-state index contributed by atoms with van der Waals surface area (Å²) in [5.74, 6) is 0. The van der Waals surface area contributed by atoms with Gasteiger partial charge in [0.15, 0.2) is 0 Å². The van der Waals surface area contributed by atoms with Gasteiger partial charge in [-0.3, -0.25) is 0 Å². The Morgan fingerprint density at radius 1 is 1.10 bits per heavy atom. The molecule has 0 rings (SSSR count). The van der Waals surface area contributed by atoms with Crippen LogP contribution in [0.5, 0.6) is 0 Å². The lowest BCUT2D eigenvalue weighted by atomic mass is 10.2. The predicted molar refractivity (Wildman–Crippen MR) is 47.5 cm³/mol. The fourth-order valence-electron chi connectivity index (χ4n) is 0.587. The van der Waals surface area contributed by atoms with Gasteiger partial charge in [-0.15, -0.1) is 0 Å². The van der Waals surface area contributed by atoms with Crippen LogP contribution in [-0.4, -0.2) is 3.92 Å². The highest BCUT2D eigenvalue weighted by molar-refractivity contribution is 14.1. The SMILES string of the molecule is N#CCCC(I)CCC#N. The fourth-order valence-corrected chi connectivity index (χ4v) is 1.21. The molecule has 0 aromatic heterocycles. The second-order valence-corrected chi connectivity index (χ2v) is 3.75. The molecule has 0 aliphatic rings. The molecule has 0 saturated heterocycles. The van der Waals surface area contributed by atoms with Crippen LogP contribution in [0.15, 0.2) is 0 Å². The second-order valence-electron chi connectivity index (χ2n) is 1.99.